The highest BCUT2D eigenvalue weighted by molar-refractivity contribution is 5.80. The van der Waals surface area contributed by atoms with Gasteiger partial charge in [-0.25, -0.2) is 4.79 Å². The highest BCUT2D eigenvalue weighted by Gasteiger charge is 2.50. The number of rotatable bonds is 9. The maximum atomic E-state index is 12.3. The van der Waals surface area contributed by atoms with Gasteiger partial charge in [-0.15, -0.1) is 0 Å². The minimum absolute atomic E-state index is 0.276. The summed E-state index contributed by atoms with van der Waals surface area (Å²) in [6.07, 6.45) is 4.38. The third-order valence-corrected chi connectivity index (χ3v) is 5.38. The quantitative estimate of drug-likeness (QED) is 0.595. The average molecular weight is 342 g/mol. The number of hydrogen-bond acceptors (Lipinski definition) is 5. The van der Waals surface area contributed by atoms with Crippen molar-refractivity contribution in [2.24, 2.45) is 10.8 Å². The van der Waals surface area contributed by atoms with Gasteiger partial charge < -0.3 is 14.2 Å². The van der Waals surface area contributed by atoms with Gasteiger partial charge in [-0.05, 0) is 52.9 Å². The molecule has 0 heterocycles. The first-order valence-electron chi connectivity index (χ1n) is 9.07. The van der Waals surface area contributed by atoms with Crippen LogP contribution in [0.15, 0.2) is 0 Å². The summed E-state index contributed by atoms with van der Waals surface area (Å²) in [5.41, 5.74) is -1.40. The molecule has 140 valence electrons. The van der Waals surface area contributed by atoms with Gasteiger partial charge in [0.05, 0.1) is 12.0 Å². The van der Waals surface area contributed by atoms with Crippen molar-refractivity contribution in [1.29, 1.82) is 0 Å². The zero-order valence-electron chi connectivity index (χ0n) is 16.2. The molecule has 0 saturated heterocycles. The van der Waals surface area contributed by atoms with E-state index < -0.39 is 17.0 Å². The van der Waals surface area contributed by atoms with E-state index >= 15 is 0 Å². The van der Waals surface area contributed by atoms with Crippen molar-refractivity contribution >= 4 is 11.9 Å². The number of carbonyl (C=O) groups is 2. The molecule has 0 aliphatic heterocycles. The summed E-state index contributed by atoms with van der Waals surface area (Å²) in [5, 5.41) is 0. The smallest absolute Gasteiger partial charge is 0.344 e. The van der Waals surface area contributed by atoms with Crippen LogP contribution in [-0.2, 0) is 23.8 Å². The molecule has 1 aliphatic carbocycles. The molecule has 1 aliphatic rings. The largest absolute Gasteiger partial charge is 0.456 e. The molecule has 0 amide bonds. The Hall–Kier alpha value is -1.10. The predicted molar refractivity (Wildman–Crippen MR) is 92.6 cm³/mol. The molecule has 1 saturated carbocycles. The molecule has 5 heteroatoms. The van der Waals surface area contributed by atoms with Crippen molar-refractivity contribution in [3.05, 3.63) is 0 Å². The molecule has 0 spiro atoms. The van der Waals surface area contributed by atoms with Crippen molar-refractivity contribution in [2.75, 3.05) is 19.8 Å². The number of hydrogen-bond donors (Lipinski definition) is 0. The van der Waals surface area contributed by atoms with E-state index in [0.29, 0.717) is 19.6 Å². The topological polar surface area (TPSA) is 61.8 Å². The van der Waals surface area contributed by atoms with Crippen LogP contribution < -0.4 is 0 Å². The summed E-state index contributed by atoms with van der Waals surface area (Å²) in [6.45, 7) is 12.5. The van der Waals surface area contributed by atoms with Crippen molar-refractivity contribution in [3.8, 4) is 0 Å². The Morgan fingerprint density at radius 1 is 1.04 bits per heavy atom. The molecule has 0 aromatic rings. The van der Waals surface area contributed by atoms with E-state index in [2.05, 4.69) is 13.8 Å². The normalized spacial score (nSPS) is 17.6. The summed E-state index contributed by atoms with van der Waals surface area (Å²) in [7, 11) is 0. The van der Waals surface area contributed by atoms with E-state index in [4.69, 9.17) is 14.2 Å². The fourth-order valence-corrected chi connectivity index (χ4v) is 3.06. The van der Waals surface area contributed by atoms with Crippen LogP contribution in [0.2, 0.25) is 0 Å². The average Bonchev–Trinajstić information content (AvgIpc) is 3.00. The van der Waals surface area contributed by atoms with Crippen molar-refractivity contribution < 1.29 is 23.8 Å². The van der Waals surface area contributed by atoms with Gasteiger partial charge in [-0.1, -0.05) is 20.8 Å². The molecule has 0 N–H and O–H groups in total. The highest BCUT2D eigenvalue weighted by Crippen LogP contribution is 2.47. The van der Waals surface area contributed by atoms with E-state index in [1.165, 1.54) is 0 Å². The van der Waals surface area contributed by atoms with Gasteiger partial charge in [0, 0.05) is 12.0 Å². The zero-order chi connectivity index (χ0) is 18.4. The van der Waals surface area contributed by atoms with E-state index in [9.17, 15) is 9.59 Å². The number of esters is 2. The maximum absolute atomic E-state index is 12.3. The first-order valence-corrected chi connectivity index (χ1v) is 9.07. The first-order chi connectivity index (χ1) is 11.1. The summed E-state index contributed by atoms with van der Waals surface area (Å²) in [5.74, 6) is -0.835. The van der Waals surface area contributed by atoms with Crippen LogP contribution in [-0.4, -0.2) is 37.4 Å². The van der Waals surface area contributed by atoms with Crippen LogP contribution in [0.1, 0.15) is 73.6 Å². The summed E-state index contributed by atoms with van der Waals surface area (Å²) < 4.78 is 16.6. The van der Waals surface area contributed by atoms with Crippen LogP contribution >= 0.6 is 0 Å². The van der Waals surface area contributed by atoms with Gasteiger partial charge in [-0.3, -0.25) is 4.79 Å². The minimum atomic E-state index is -0.584. The fraction of sp³-hybridized carbons (Fsp3) is 0.895. The summed E-state index contributed by atoms with van der Waals surface area (Å²) in [6, 6.07) is 0. The Morgan fingerprint density at radius 2 is 1.62 bits per heavy atom. The molecular weight excluding hydrogens is 308 g/mol. The van der Waals surface area contributed by atoms with E-state index in [1.54, 1.807) is 0 Å². The molecule has 5 nitrogen and oxygen atoms in total. The Balaban J connectivity index is 2.69. The molecular formula is C19H34O5. The minimum Gasteiger partial charge on any atom is -0.456 e. The van der Waals surface area contributed by atoms with Gasteiger partial charge in [0.2, 0.25) is 0 Å². The van der Waals surface area contributed by atoms with Gasteiger partial charge in [-0.2, -0.15) is 0 Å². The Labute approximate surface area is 146 Å². The molecule has 0 aromatic heterocycles. The third-order valence-electron chi connectivity index (χ3n) is 5.38. The van der Waals surface area contributed by atoms with Crippen LogP contribution in [0, 0.1) is 10.8 Å². The molecule has 24 heavy (non-hydrogen) atoms. The van der Waals surface area contributed by atoms with Crippen molar-refractivity contribution in [3.63, 3.8) is 0 Å². The molecule has 0 unspecified atom stereocenters. The van der Waals surface area contributed by atoms with E-state index in [0.717, 1.165) is 25.7 Å². The molecule has 1 fully saturated rings. The Bertz CT molecular complexity index is 433. The maximum Gasteiger partial charge on any atom is 0.344 e. The number of carbonyl (C=O) groups excluding carboxylic acids is 2. The second kappa shape index (κ2) is 8.32. The molecule has 0 atom stereocenters. The van der Waals surface area contributed by atoms with Gasteiger partial charge in [0.25, 0.3) is 0 Å². The first kappa shape index (κ1) is 20.9. The molecule has 0 radical (unpaired) electrons. The standard InChI is InChI=1S/C19H34O5/c1-7-17(3,4)16(21)23-13-15(20)24-19(11-9-10-12-19)18(5,6)14-22-8-2/h7-14H2,1-6H3. The van der Waals surface area contributed by atoms with E-state index in [-0.39, 0.29) is 18.0 Å². The van der Waals surface area contributed by atoms with Gasteiger partial charge >= 0.3 is 11.9 Å². The zero-order valence-corrected chi connectivity index (χ0v) is 16.2. The third kappa shape index (κ3) is 4.95. The summed E-state index contributed by atoms with van der Waals surface area (Å²) >= 11 is 0. The van der Waals surface area contributed by atoms with Gasteiger partial charge in [0.1, 0.15) is 5.60 Å². The number of ether oxygens (including phenoxy) is 3. The Kier molecular flexibility index (Phi) is 7.26. The SMILES string of the molecule is CCOCC(C)(C)C1(OC(=O)COC(=O)C(C)(C)CC)CCCC1. The second-order valence-corrected chi connectivity index (χ2v) is 8.01. The lowest BCUT2D eigenvalue weighted by Gasteiger charge is -2.43. The van der Waals surface area contributed by atoms with Gasteiger partial charge in [0.15, 0.2) is 6.61 Å². The Morgan fingerprint density at radius 3 is 2.12 bits per heavy atom. The van der Waals surface area contributed by atoms with Crippen LogP contribution in [0.4, 0.5) is 0 Å². The van der Waals surface area contributed by atoms with E-state index in [1.807, 2.05) is 27.7 Å². The van der Waals surface area contributed by atoms with Crippen molar-refractivity contribution in [2.45, 2.75) is 79.2 Å². The summed E-state index contributed by atoms with van der Waals surface area (Å²) in [4.78, 5) is 24.3. The fourth-order valence-electron chi connectivity index (χ4n) is 3.06. The van der Waals surface area contributed by atoms with Crippen molar-refractivity contribution in [1.82, 2.24) is 0 Å². The predicted octanol–water partition coefficient (Wildman–Crippen LogP) is 3.88. The second-order valence-electron chi connectivity index (χ2n) is 8.01. The lowest BCUT2D eigenvalue weighted by atomic mass is 9.74. The lowest BCUT2D eigenvalue weighted by Crippen LogP contribution is -2.49. The molecule has 0 bridgehead atoms. The lowest BCUT2D eigenvalue weighted by molar-refractivity contribution is -0.188. The monoisotopic (exact) mass is 342 g/mol. The molecule has 0 aromatic carbocycles. The van der Waals surface area contributed by atoms with Crippen LogP contribution in [0.5, 0.6) is 0 Å². The van der Waals surface area contributed by atoms with Crippen LogP contribution in [0.25, 0.3) is 0 Å². The van der Waals surface area contributed by atoms with Crippen LogP contribution in [0.3, 0.4) is 0 Å². The highest BCUT2D eigenvalue weighted by atomic mass is 16.6. The molecule has 1 rings (SSSR count).